The number of hydrogen-bond acceptors (Lipinski definition) is 3. The lowest BCUT2D eigenvalue weighted by Gasteiger charge is -2.10. The minimum absolute atomic E-state index is 0.216. The molecule has 0 fully saturated rings. The van der Waals surface area contributed by atoms with Crippen molar-refractivity contribution in [2.45, 2.75) is 39.7 Å². The van der Waals surface area contributed by atoms with Crippen molar-refractivity contribution in [1.29, 1.82) is 0 Å². The number of carbonyl (C=O) groups excluding carboxylic acids is 1. The van der Waals surface area contributed by atoms with Crippen molar-refractivity contribution in [2.75, 3.05) is 13.7 Å². The lowest BCUT2D eigenvalue weighted by atomic mass is 10.1. The van der Waals surface area contributed by atoms with Crippen molar-refractivity contribution >= 4 is 5.97 Å². The molecule has 0 bridgehead atoms. The van der Waals surface area contributed by atoms with Gasteiger partial charge in [-0.1, -0.05) is 38.1 Å². The normalized spacial score (nSPS) is 10.7. The van der Waals surface area contributed by atoms with Crippen LogP contribution in [-0.2, 0) is 27.3 Å². The van der Waals surface area contributed by atoms with E-state index in [2.05, 4.69) is 13.8 Å². The van der Waals surface area contributed by atoms with Gasteiger partial charge in [0.1, 0.15) is 0 Å². The van der Waals surface area contributed by atoms with Crippen molar-refractivity contribution < 1.29 is 14.3 Å². The molecule has 0 saturated carbocycles. The van der Waals surface area contributed by atoms with Crippen LogP contribution < -0.4 is 0 Å². The molecule has 0 atom stereocenters. The smallest absolute Gasteiger partial charge is 0.309 e. The zero-order valence-corrected chi connectivity index (χ0v) is 12.1. The van der Waals surface area contributed by atoms with Crippen LogP contribution in [0.4, 0.5) is 0 Å². The number of rotatable bonds is 8. The number of carbonyl (C=O) groups is 1. The van der Waals surface area contributed by atoms with Gasteiger partial charge in [-0.25, -0.2) is 0 Å². The van der Waals surface area contributed by atoms with Gasteiger partial charge in [-0.15, -0.1) is 0 Å². The van der Waals surface area contributed by atoms with Crippen molar-refractivity contribution in [1.82, 2.24) is 0 Å². The second-order valence-corrected chi connectivity index (χ2v) is 5.11. The molecule has 0 unspecified atom stereocenters. The molecule has 3 heteroatoms. The first-order chi connectivity index (χ1) is 9.13. The van der Waals surface area contributed by atoms with Crippen LogP contribution in [0.1, 0.15) is 37.8 Å². The molecule has 0 spiro atoms. The van der Waals surface area contributed by atoms with Crippen LogP contribution in [-0.4, -0.2) is 19.7 Å². The van der Waals surface area contributed by atoms with Gasteiger partial charge < -0.3 is 9.47 Å². The molecule has 0 saturated heterocycles. The van der Waals surface area contributed by atoms with Gasteiger partial charge in [0.05, 0.1) is 20.1 Å². The number of hydrogen-bond donors (Lipinski definition) is 0. The Hall–Kier alpha value is -1.35. The predicted molar refractivity (Wildman–Crippen MR) is 75.9 cm³/mol. The van der Waals surface area contributed by atoms with Gasteiger partial charge >= 0.3 is 5.97 Å². The fourth-order valence-corrected chi connectivity index (χ4v) is 1.87. The highest BCUT2D eigenvalue weighted by atomic mass is 16.5. The van der Waals surface area contributed by atoms with Gasteiger partial charge in [0.25, 0.3) is 0 Å². The largest absolute Gasteiger partial charge is 0.469 e. The van der Waals surface area contributed by atoms with Crippen molar-refractivity contribution in [3.63, 3.8) is 0 Å². The van der Waals surface area contributed by atoms with Crippen molar-refractivity contribution in [3.05, 3.63) is 35.4 Å². The van der Waals surface area contributed by atoms with Gasteiger partial charge in [-0.05, 0) is 29.9 Å². The van der Waals surface area contributed by atoms with Gasteiger partial charge in [0, 0.05) is 6.61 Å². The summed E-state index contributed by atoms with van der Waals surface area (Å²) in [6.07, 6.45) is 2.57. The maximum absolute atomic E-state index is 11.3. The molecule has 106 valence electrons. The number of methoxy groups -OCH3 is 1. The fraction of sp³-hybridized carbons (Fsp3) is 0.562. The summed E-state index contributed by atoms with van der Waals surface area (Å²) in [5.41, 5.74) is 2.05. The lowest BCUT2D eigenvalue weighted by Crippen LogP contribution is -2.08. The maximum Gasteiger partial charge on any atom is 0.309 e. The zero-order valence-electron chi connectivity index (χ0n) is 12.1. The Balaban J connectivity index is 2.42. The quantitative estimate of drug-likeness (QED) is 0.533. The summed E-state index contributed by atoms with van der Waals surface area (Å²) in [6.45, 7) is 5.76. The third kappa shape index (κ3) is 6.39. The van der Waals surface area contributed by atoms with Crippen LogP contribution in [0.3, 0.4) is 0 Å². The number of esters is 1. The summed E-state index contributed by atoms with van der Waals surface area (Å²) in [7, 11) is 1.41. The summed E-state index contributed by atoms with van der Waals surface area (Å²) < 4.78 is 10.4. The Morgan fingerprint density at radius 1 is 1.21 bits per heavy atom. The summed E-state index contributed by atoms with van der Waals surface area (Å²) in [4.78, 5) is 11.3. The fourth-order valence-electron chi connectivity index (χ4n) is 1.87. The first-order valence-electron chi connectivity index (χ1n) is 6.84. The maximum atomic E-state index is 11.3. The summed E-state index contributed by atoms with van der Waals surface area (Å²) >= 11 is 0. The Morgan fingerprint density at radius 3 is 2.53 bits per heavy atom. The molecule has 19 heavy (non-hydrogen) atoms. The zero-order chi connectivity index (χ0) is 14.1. The molecular weight excluding hydrogens is 240 g/mol. The first kappa shape index (κ1) is 15.7. The highest BCUT2D eigenvalue weighted by molar-refractivity contribution is 5.72. The van der Waals surface area contributed by atoms with Crippen molar-refractivity contribution in [3.8, 4) is 0 Å². The van der Waals surface area contributed by atoms with Crippen LogP contribution in [0, 0.1) is 5.92 Å². The molecule has 0 radical (unpaired) electrons. The Kier molecular flexibility index (Phi) is 7.19. The Morgan fingerprint density at radius 2 is 1.89 bits per heavy atom. The van der Waals surface area contributed by atoms with E-state index >= 15 is 0 Å². The van der Waals surface area contributed by atoms with Gasteiger partial charge in [0.2, 0.25) is 0 Å². The third-order valence-electron chi connectivity index (χ3n) is 3.01. The average molecular weight is 264 g/mol. The number of ether oxygens (including phenoxy) is 2. The molecule has 1 aromatic carbocycles. The average Bonchev–Trinajstić information content (AvgIpc) is 2.39. The molecule has 0 aromatic heterocycles. The van der Waals surface area contributed by atoms with Crippen molar-refractivity contribution in [2.24, 2.45) is 5.92 Å². The third-order valence-corrected chi connectivity index (χ3v) is 3.01. The van der Waals surface area contributed by atoms with E-state index in [1.54, 1.807) is 0 Å². The summed E-state index contributed by atoms with van der Waals surface area (Å²) in [5.74, 6) is 0.502. The lowest BCUT2D eigenvalue weighted by molar-refractivity contribution is -0.139. The highest BCUT2D eigenvalue weighted by Gasteiger charge is 2.07. The standard InChI is InChI=1S/C16H24O3/c1-13(2)7-6-10-19-12-15-9-5-4-8-14(15)11-16(17)18-3/h4-5,8-9,13H,6-7,10-12H2,1-3H3. The van der Waals surface area contributed by atoms with E-state index in [0.29, 0.717) is 13.0 Å². The van der Waals surface area contributed by atoms with Crippen LogP contribution in [0.2, 0.25) is 0 Å². The molecule has 0 aliphatic heterocycles. The van der Waals surface area contributed by atoms with E-state index in [-0.39, 0.29) is 5.97 Å². The van der Waals surface area contributed by atoms with E-state index in [9.17, 15) is 4.79 Å². The molecule has 0 aliphatic carbocycles. The topological polar surface area (TPSA) is 35.5 Å². The van der Waals surface area contributed by atoms with Gasteiger partial charge in [-0.3, -0.25) is 4.79 Å². The molecule has 1 rings (SSSR count). The SMILES string of the molecule is COC(=O)Cc1ccccc1COCCCC(C)C. The van der Waals surface area contributed by atoms with E-state index < -0.39 is 0 Å². The minimum atomic E-state index is -0.216. The molecule has 0 heterocycles. The van der Waals surface area contributed by atoms with Crippen LogP contribution in [0.15, 0.2) is 24.3 Å². The predicted octanol–water partition coefficient (Wildman–Crippen LogP) is 3.35. The summed E-state index contributed by atoms with van der Waals surface area (Å²) in [5, 5.41) is 0. The minimum Gasteiger partial charge on any atom is -0.469 e. The first-order valence-corrected chi connectivity index (χ1v) is 6.84. The van der Waals surface area contributed by atoms with E-state index in [4.69, 9.17) is 9.47 Å². The van der Waals surface area contributed by atoms with Gasteiger partial charge in [0.15, 0.2) is 0 Å². The molecule has 0 N–H and O–H groups in total. The van der Waals surface area contributed by atoms with Crippen LogP contribution in [0.25, 0.3) is 0 Å². The molecule has 0 aliphatic rings. The molecule has 1 aromatic rings. The second kappa shape index (κ2) is 8.70. The number of benzene rings is 1. The van der Waals surface area contributed by atoms with Crippen LogP contribution >= 0.6 is 0 Å². The monoisotopic (exact) mass is 264 g/mol. The summed E-state index contributed by atoms with van der Waals surface area (Å²) in [6, 6.07) is 7.85. The molecule has 0 amide bonds. The van der Waals surface area contributed by atoms with Gasteiger partial charge in [-0.2, -0.15) is 0 Å². The van der Waals surface area contributed by atoms with E-state index in [0.717, 1.165) is 30.1 Å². The van der Waals surface area contributed by atoms with E-state index in [1.165, 1.54) is 13.5 Å². The molecular formula is C16H24O3. The molecule has 3 nitrogen and oxygen atoms in total. The van der Waals surface area contributed by atoms with Crippen LogP contribution in [0.5, 0.6) is 0 Å². The Bertz CT molecular complexity index is 385. The second-order valence-electron chi connectivity index (χ2n) is 5.11. The Labute approximate surface area is 115 Å². The highest BCUT2D eigenvalue weighted by Crippen LogP contribution is 2.12. The van der Waals surface area contributed by atoms with E-state index in [1.807, 2.05) is 24.3 Å².